The number of fused-ring (bicyclic) bond motifs is 5. The molecule has 7 rings (SSSR count). The molecule has 19 nitrogen and oxygen atoms in total. The molecular formula is C61H78N2O17. The van der Waals surface area contributed by atoms with Crippen LogP contribution in [0.1, 0.15) is 135 Å². The van der Waals surface area contributed by atoms with E-state index in [1.807, 2.05) is 49.1 Å². The van der Waals surface area contributed by atoms with Gasteiger partial charge in [-0.1, -0.05) is 107 Å². The zero-order chi connectivity index (χ0) is 58.5. The van der Waals surface area contributed by atoms with Crippen molar-refractivity contribution in [2.24, 2.45) is 16.7 Å². The smallest absolute Gasteiger partial charge is 0.408 e. The molecule has 0 radical (unpaired) electrons. The van der Waals surface area contributed by atoms with Crippen molar-refractivity contribution in [2.75, 3.05) is 19.7 Å². The van der Waals surface area contributed by atoms with E-state index in [0.717, 1.165) is 12.5 Å². The lowest BCUT2D eigenvalue weighted by atomic mass is 9.44. The Balaban J connectivity index is 1.35. The number of aliphatic hydroxyl groups is 3. The molecule has 1 saturated heterocycles. The van der Waals surface area contributed by atoms with E-state index in [1.54, 1.807) is 69.3 Å². The van der Waals surface area contributed by atoms with Crippen molar-refractivity contribution >= 4 is 41.7 Å². The van der Waals surface area contributed by atoms with Gasteiger partial charge in [0.1, 0.15) is 54.3 Å². The van der Waals surface area contributed by atoms with Crippen LogP contribution in [0.25, 0.3) is 0 Å². The maximum Gasteiger partial charge on any atom is 0.408 e. The number of carbonyl (C=O) groups is 7. The second-order valence-electron chi connectivity index (χ2n) is 23.2. The number of hydrogen-bond acceptors (Lipinski definition) is 18. The number of hydrogen-bond donors (Lipinski definition) is 4. The summed E-state index contributed by atoms with van der Waals surface area (Å²) in [5.74, 6) is -7.11. The molecule has 2 bridgehead atoms. The Morgan fingerprint density at radius 3 is 2.01 bits per heavy atom. The molecule has 2 saturated carbocycles. The number of carbonyl (C=O) groups excluding carboxylic acids is 7. The number of nitrogens with one attached hydrogen (secondary N) is 1. The highest BCUT2D eigenvalue weighted by molar-refractivity contribution is 5.94. The lowest BCUT2D eigenvalue weighted by Crippen LogP contribution is -2.81. The number of esters is 5. The summed E-state index contributed by atoms with van der Waals surface area (Å²) in [5, 5.41) is 41.4. The summed E-state index contributed by atoms with van der Waals surface area (Å²) < 4.78 is 42.6. The third kappa shape index (κ3) is 12.4. The minimum Gasteiger partial charge on any atom is -0.461 e. The van der Waals surface area contributed by atoms with E-state index >= 15 is 14.4 Å². The topological polar surface area (TPSA) is 260 Å². The van der Waals surface area contributed by atoms with Crippen molar-refractivity contribution < 1.29 is 82.0 Å². The number of benzene rings is 3. The van der Waals surface area contributed by atoms with Crippen LogP contribution in [0.3, 0.4) is 0 Å². The fourth-order valence-corrected chi connectivity index (χ4v) is 12.4. The van der Waals surface area contributed by atoms with Crippen molar-refractivity contribution in [3.8, 4) is 0 Å². The summed E-state index contributed by atoms with van der Waals surface area (Å²) >= 11 is 0. The molecule has 0 unspecified atom stereocenters. The molecule has 1 amide bonds. The van der Waals surface area contributed by atoms with Gasteiger partial charge in [-0.2, -0.15) is 0 Å². The highest BCUT2D eigenvalue weighted by Gasteiger charge is 2.78. The van der Waals surface area contributed by atoms with Crippen LogP contribution in [0.2, 0.25) is 0 Å². The number of alkyl carbamates (subject to hydrolysis) is 1. The summed E-state index contributed by atoms with van der Waals surface area (Å²) in [6, 6.07) is 22.4. The molecule has 3 aromatic carbocycles. The van der Waals surface area contributed by atoms with Crippen LogP contribution in [0, 0.1) is 16.7 Å². The number of nitrogens with zero attached hydrogens (tertiary/aromatic N) is 1. The van der Waals surface area contributed by atoms with Gasteiger partial charge >= 0.3 is 35.9 Å². The Bertz CT molecular complexity index is 2760. The lowest BCUT2D eigenvalue weighted by Gasteiger charge is -2.67. The predicted octanol–water partition coefficient (Wildman–Crippen LogP) is 6.82. The third-order valence-electron chi connectivity index (χ3n) is 16.4. The first-order valence-corrected chi connectivity index (χ1v) is 27.5. The summed E-state index contributed by atoms with van der Waals surface area (Å²) in [7, 11) is 0. The highest BCUT2D eigenvalue weighted by Crippen LogP contribution is 2.64. The van der Waals surface area contributed by atoms with Crippen LogP contribution < -0.4 is 5.32 Å². The van der Waals surface area contributed by atoms with Crippen molar-refractivity contribution in [3.05, 3.63) is 119 Å². The Morgan fingerprint density at radius 1 is 0.850 bits per heavy atom. The summed E-state index contributed by atoms with van der Waals surface area (Å²) in [5.41, 5.74) is -8.10. The first-order chi connectivity index (χ1) is 37.7. The fourth-order valence-electron chi connectivity index (χ4n) is 12.4. The molecule has 0 aromatic heterocycles. The molecule has 12 atom stereocenters. The molecule has 19 heteroatoms. The molecule has 0 spiro atoms. The normalized spacial score (nSPS) is 27.9. The van der Waals surface area contributed by atoms with Gasteiger partial charge in [0, 0.05) is 31.6 Å². The lowest BCUT2D eigenvalue weighted by molar-refractivity contribution is -0.346. The average molecular weight is 1110 g/mol. The number of Topliss-reactive ketones (excluding diaryl/α,β-unsaturated/α-hetero) is 1. The van der Waals surface area contributed by atoms with Gasteiger partial charge in [-0.3, -0.25) is 24.1 Å². The highest BCUT2D eigenvalue weighted by atomic mass is 16.6. The van der Waals surface area contributed by atoms with Gasteiger partial charge in [0.25, 0.3) is 0 Å². The molecule has 4 aliphatic rings. The zero-order valence-electron chi connectivity index (χ0n) is 47.4. The number of ketones is 1. The third-order valence-corrected chi connectivity index (χ3v) is 16.4. The van der Waals surface area contributed by atoms with E-state index in [9.17, 15) is 34.5 Å². The van der Waals surface area contributed by atoms with Crippen LogP contribution in [-0.4, -0.2) is 141 Å². The largest absolute Gasteiger partial charge is 0.461 e. The Morgan fingerprint density at radius 2 is 1.45 bits per heavy atom. The van der Waals surface area contributed by atoms with E-state index in [1.165, 1.54) is 39.8 Å². The first-order valence-electron chi connectivity index (χ1n) is 27.5. The summed E-state index contributed by atoms with van der Waals surface area (Å²) in [4.78, 5) is 103. The molecule has 1 heterocycles. The van der Waals surface area contributed by atoms with Crippen molar-refractivity contribution in [2.45, 2.75) is 180 Å². The van der Waals surface area contributed by atoms with E-state index in [0.29, 0.717) is 25.9 Å². The number of aliphatic hydroxyl groups excluding tert-OH is 2. The standard InChI is InChI=1S/C61H78N2O17/c1-11-30-63(31-12-2)41(28-29-45(66)74-34-38-22-16-13-17-23-38)54(70)77-49(47(39-24-18-14-19-25-39)62-56(72)80-57(5,6)7)55(71)76-42-33-61(73)52(78-53(69)40-26-20-15-21-27-40)50-59(10,51(68)48(67)46(36(42)3)58(61,8)9)43(65)32-44-60(50,35-75-44)79-37(4)64/h13-27,41-44,47-50,52,65,67,73H,11-12,28-35H2,1-10H3,(H,62,72)/t41-,42-,43-,44+,47-,48+,49+,50-,52-,59+,60-,61+/m0/s1. The Hall–Kier alpha value is -6.51. The maximum atomic E-state index is 15.6. The molecular weight excluding hydrogens is 1030 g/mol. The summed E-state index contributed by atoms with van der Waals surface area (Å²) in [6.07, 6.45) is -11.3. The number of amides is 1. The number of ether oxygens (including phenoxy) is 7. The van der Waals surface area contributed by atoms with E-state index in [4.69, 9.17) is 33.2 Å². The van der Waals surface area contributed by atoms with Gasteiger partial charge in [-0.05, 0) is 101 Å². The average Bonchev–Trinajstić information content (AvgIpc) is 2.06. The molecule has 1 aliphatic heterocycles. The van der Waals surface area contributed by atoms with E-state index in [2.05, 4.69) is 5.32 Å². The van der Waals surface area contributed by atoms with Crippen LogP contribution in [0.5, 0.6) is 0 Å². The molecule has 3 fully saturated rings. The quantitative estimate of drug-likeness (QED) is 0.0514. The zero-order valence-corrected chi connectivity index (χ0v) is 47.4. The molecule has 434 valence electrons. The van der Waals surface area contributed by atoms with Crippen molar-refractivity contribution in [1.29, 1.82) is 0 Å². The maximum absolute atomic E-state index is 15.6. The SMILES string of the molecule is CCCN(CCC)[C@@H](CCC(=O)OCc1ccccc1)C(=O)O[C@@H](C(=O)O[C@H]1C[C@@]2(O)[C@@H](OC(=O)c3ccccc3)[C@@H]3[C@]4(OC(C)=O)CO[C@@H]4C[C@H](O)[C@@]3(C)C(=O)[C@H](O)C(=C1C)C2(C)C)[C@@H](NC(=O)OC(C)(C)C)c1ccccc1. The minimum absolute atomic E-state index is 0.000202. The predicted molar refractivity (Wildman–Crippen MR) is 289 cm³/mol. The van der Waals surface area contributed by atoms with Crippen LogP contribution in [0.4, 0.5) is 4.79 Å². The van der Waals surface area contributed by atoms with E-state index < -0.39 is 130 Å². The van der Waals surface area contributed by atoms with Gasteiger partial charge < -0.3 is 53.8 Å². The van der Waals surface area contributed by atoms with Crippen LogP contribution in [0.15, 0.2) is 102 Å². The Labute approximate surface area is 467 Å². The molecule has 4 N–H and O–H groups in total. The monoisotopic (exact) mass is 1110 g/mol. The van der Waals surface area contributed by atoms with Crippen LogP contribution in [-0.2, 0) is 63.7 Å². The van der Waals surface area contributed by atoms with E-state index in [-0.39, 0.29) is 54.7 Å². The van der Waals surface area contributed by atoms with Gasteiger partial charge in [0.15, 0.2) is 11.4 Å². The van der Waals surface area contributed by atoms with Crippen molar-refractivity contribution in [1.82, 2.24) is 10.2 Å². The minimum atomic E-state index is -2.48. The first kappa shape index (κ1) is 61.1. The second-order valence-corrected chi connectivity index (χ2v) is 23.2. The summed E-state index contributed by atoms with van der Waals surface area (Å²) in [6.45, 7) is 16.3. The van der Waals surface area contributed by atoms with Gasteiger partial charge in [-0.15, -0.1) is 0 Å². The van der Waals surface area contributed by atoms with Gasteiger partial charge in [-0.25, -0.2) is 14.4 Å². The molecule has 80 heavy (non-hydrogen) atoms. The molecule has 3 aromatic rings. The number of rotatable bonds is 20. The van der Waals surface area contributed by atoms with Crippen LogP contribution >= 0.6 is 0 Å². The van der Waals surface area contributed by atoms with Crippen molar-refractivity contribution in [3.63, 3.8) is 0 Å². The fraction of sp³-hybridized carbons (Fsp3) is 0.557. The Kier molecular flexibility index (Phi) is 18.9. The molecule has 3 aliphatic carbocycles. The van der Waals surface area contributed by atoms with Gasteiger partial charge in [0.05, 0.1) is 29.6 Å². The second kappa shape index (κ2) is 24.7. The van der Waals surface area contributed by atoms with Gasteiger partial charge in [0.2, 0.25) is 6.10 Å².